The minimum absolute atomic E-state index is 0.0210. The minimum atomic E-state index is -0.420. The number of aliphatic hydroxyl groups is 1. The zero-order valence-corrected chi connectivity index (χ0v) is 10.2. The Balaban J connectivity index is 2.19. The number of aryl methyl sites for hydroxylation is 1. The molecule has 0 saturated heterocycles. The molecule has 0 aromatic carbocycles. The molecule has 4 nitrogen and oxygen atoms in total. The van der Waals surface area contributed by atoms with Crippen molar-refractivity contribution in [2.24, 2.45) is 5.41 Å². The van der Waals surface area contributed by atoms with Crippen LogP contribution in [0.4, 0.5) is 0 Å². The van der Waals surface area contributed by atoms with E-state index in [0.29, 0.717) is 0 Å². The number of aliphatic hydroxyl groups excluding tert-OH is 1. The van der Waals surface area contributed by atoms with E-state index < -0.39 is 6.10 Å². The molecule has 0 aliphatic heterocycles. The Morgan fingerprint density at radius 3 is 2.81 bits per heavy atom. The first-order valence-corrected chi connectivity index (χ1v) is 6.24. The summed E-state index contributed by atoms with van der Waals surface area (Å²) >= 11 is 0. The minimum Gasteiger partial charge on any atom is -0.386 e. The van der Waals surface area contributed by atoms with Crippen LogP contribution in [0.1, 0.15) is 57.7 Å². The molecule has 1 aliphatic carbocycles. The lowest BCUT2D eigenvalue weighted by atomic mass is 9.81. The van der Waals surface area contributed by atoms with Crippen molar-refractivity contribution in [2.75, 3.05) is 0 Å². The molecule has 1 N–H and O–H groups in total. The molecule has 1 saturated carbocycles. The molecule has 4 heteroatoms. The number of rotatable bonds is 4. The molecule has 0 amide bonds. The fourth-order valence-corrected chi connectivity index (χ4v) is 2.68. The highest BCUT2D eigenvalue weighted by molar-refractivity contribution is 5.06. The summed E-state index contributed by atoms with van der Waals surface area (Å²) in [6.07, 6.45) is 6.96. The van der Waals surface area contributed by atoms with Gasteiger partial charge in [-0.1, -0.05) is 31.9 Å². The average molecular weight is 223 g/mol. The molecule has 16 heavy (non-hydrogen) atoms. The van der Waals surface area contributed by atoms with Gasteiger partial charge in [-0.3, -0.25) is 0 Å². The molecule has 0 radical (unpaired) electrons. The molecule has 1 atom stereocenters. The molecule has 1 unspecified atom stereocenters. The van der Waals surface area contributed by atoms with E-state index in [4.69, 9.17) is 0 Å². The third kappa shape index (κ3) is 1.98. The molecule has 2 rings (SSSR count). The van der Waals surface area contributed by atoms with Gasteiger partial charge < -0.3 is 5.11 Å². The molecule has 0 spiro atoms. The van der Waals surface area contributed by atoms with E-state index in [9.17, 15) is 5.11 Å². The van der Waals surface area contributed by atoms with Crippen molar-refractivity contribution in [3.63, 3.8) is 0 Å². The summed E-state index contributed by atoms with van der Waals surface area (Å²) in [5.41, 5.74) is 0.902. The van der Waals surface area contributed by atoms with E-state index in [2.05, 4.69) is 24.2 Å². The van der Waals surface area contributed by atoms with Gasteiger partial charge in [0.25, 0.3) is 0 Å². The van der Waals surface area contributed by atoms with Gasteiger partial charge in [-0.15, -0.1) is 5.10 Å². The monoisotopic (exact) mass is 223 g/mol. The Bertz CT molecular complexity index is 342. The molecule has 1 aliphatic rings. The number of nitrogens with zero attached hydrogens (tertiary/aromatic N) is 3. The van der Waals surface area contributed by atoms with Gasteiger partial charge >= 0.3 is 0 Å². The highest BCUT2D eigenvalue weighted by Crippen LogP contribution is 2.46. The standard InChI is InChI=1S/C12H21N3O/c1-3-8-15-10(9-13-14-15)11(16)12(2)6-4-5-7-12/h9,11,16H,3-8H2,1-2H3. The third-order valence-corrected chi connectivity index (χ3v) is 3.77. The zero-order valence-electron chi connectivity index (χ0n) is 10.2. The van der Waals surface area contributed by atoms with Crippen LogP contribution in [0.3, 0.4) is 0 Å². The fraction of sp³-hybridized carbons (Fsp3) is 0.833. The first-order valence-electron chi connectivity index (χ1n) is 6.24. The van der Waals surface area contributed by atoms with Crippen LogP contribution in [0, 0.1) is 5.41 Å². The molecule has 1 aromatic heterocycles. The summed E-state index contributed by atoms with van der Waals surface area (Å²) in [4.78, 5) is 0. The van der Waals surface area contributed by atoms with Crippen molar-refractivity contribution in [3.8, 4) is 0 Å². The Morgan fingerprint density at radius 1 is 1.50 bits per heavy atom. The Kier molecular flexibility index (Phi) is 3.28. The van der Waals surface area contributed by atoms with Gasteiger partial charge in [0.1, 0.15) is 6.10 Å². The molecule has 1 aromatic rings. The van der Waals surface area contributed by atoms with Crippen molar-refractivity contribution >= 4 is 0 Å². The summed E-state index contributed by atoms with van der Waals surface area (Å²) in [6, 6.07) is 0. The number of aromatic nitrogens is 3. The SMILES string of the molecule is CCCn1nncc1C(O)C1(C)CCCC1. The molecule has 1 heterocycles. The predicted octanol–water partition coefficient (Wildman–Crippen LogP) is 2.30. The Morgan fingerprint density at radius 2 is 2.19 bits per heavy atom. The summed E-state index contributed by atoms with van der Waals surface area (Å²) in [7, 11) is 0. The van der Waals surface area contributed by atoms with Gasteiger partial charge in [-0.05, 0) is 24.7 Å². The first-order chi connectivity index (χ1) is 7.67. The van der Waals surface area contributed by atoms with E-state index in [1.807, 2.05) is 4.68 Å². The maximum atomic E-state index is 10.5. The highest BCUT2D eigenvalue weighted by atomic mass is 16.3. The van der Waals surface area contributed by atoms with Gasteiger partial charge in [0, 0.05) is 6.54 Å². The van der Waals surface area contributed by atoms with Crippen molar-refractivity contribution in [1.29, 1.82) is 0 Å². The molecular weight excluding hydrogens is 202 g/mol. The second kappa shape index (κ2) is 4.53. The van der Waals surface area contributed by atoms with Crippen LogP contribution in [-0.2, 0) is 6.54 Å². The van der Waals surface area contributed by atoms with Crippen molar-refractivity contribution < 1.29 is 5.11 Å². The normalized spacial score (nSPS) is 21.2. The van der Waals surface area contributed by atoms with E-state index in [1.165, 1.54) is 12.8 Å². The van der Waals surface area contributed by atoms with Gasteiger partial charge in [0.05, 0.1) is 11.9 Å². The van der Waals surface area contributed by atoms with Crippen LogP contribution in [-0.4, -0.2) is 20.1 Å². The lowest BCUT2D eigenvalue weighted by Crippen LogP contribution is -2.24. The summed E-state index contributed by atoms with van der Waals surface area (Å²) < 4.78 is 1.84. The van der Waals surface area contributed by atoms with Gasteiger partial charge in [0.2, 0.25) is 0 Å². The van der Waals surface area contributed by atoms with Crippen LogP contribution in [0.5, 0.6) is 0 Å². The highest BCUT2D eigenvalue weighted by Gasteiger charge is 2.38. The van der Waals surface area contributed by atoms with Crippen LogP contribution in [0.2, 0.25) is 0 Å². The van der Waals surface area contributed by atoms with Crippen LogP contribution < -0.4 is 0 Å². The summed E-state index contributed by atoms with van der Waals surface area (Å²) in [5, 5.41) is 18.4. The Hall–Kier alpha value is -0.900. The van der Waals surface area contributed by atoms with E-state index in [1.54, 1.807) is 6.20 Å². The average Bonchev–Trinajstić information content (AvgIpc) is 2.88. The molecule has 0 bridgehead atoms. The van der Waals surface area contributed by atoms with Crippen LogP contribution in [0.25, 0.3) is 0 Å². The molecule has 1 fully saturated rings. The number of hydrogen-bond acceptors (Lipinski definition) is 3. The molecular formula is C12H21N3O. The zero-order chi connectivity index (χ0) is 11.6. The van der Waals surface area contributed by atoms with Gasteiger partial charge in [-0.2, -0.15) is 0 Å². The summed E-state index contributed by atoms with van der Waals surface area (Å²) in [6.45, 7) is 5.12. The lowest BCUT2D eigenvalue weighted by molar-refractivity contribution is 0.0334. The predicted molar refractivity (Wildman–Crippen MR) is 61.8 cm³/mol. The van der Waals surface area contributed by atoms with Gasteiger partial charge in [0.15, 0.2) is 0 Å². The van der Waals surface area contributed by atoms with Crippen LogP contribution >= 0.6 is 0 Å². The quantitative estimate of drug-likeness (QED) is 0.852. The second-order valence-electron chi connectivity index (χ2n) is 5.15. The van der Waals surface area contributed by atoms with Crippen molar-refractivity contribution in [2.45, 2.75) is 58.6 Å². The van der Waals surface area contributed by atoms with Gasteiger partial charge in [-0.25, -0.2) is 4.68 Å². The molecule has 90 valence electrons. The smallest absolute Gasteiger partial charge is 0.103 e. The fourth-order valence-electron chi connectivity index (χ4n) is 2.68. The lowest BCUT2D eigenvalue weighted by Gasteiger charge is -2.29. The van der Waals surface area contributed by atoms with E-state index in [0.717, 1.165) is 31.5 Å². The largest absolute Gasteiger partial charge is 0.386 e. The maximum Gasteiger partial charge on any atom is 0.103 e. The second-order valence-corrected chi connectivity index (χ2v) is 5.15. The van der Waals surface area contributed by atoms with Crippen molar-refractivity contribution in [3.05, 3.63) is 11.9 Å². The topological polar surface area (TPSA) is 50.9 Å². The number of hydrogen-bond donors (Lipinski definition) is 1. The van der Waals surface area contributed by atoms with Crippen LogP contribution in [0.15, 0.2) is 6.20 Å². The summed E-state index contributed by atoms with van der Waals surface area (Å²) in [5.74, 6) is 0. The Labute approximate surface area is 96.7 Å². The van der Waals surface area contributed by atoms with E-state index >= 15 is 0 Å². The van der Waals surface area contributed by atoms with E-state index in [-0.39, 0.29) is 5.41 Å². The maximum absolute atomic E-state index is 10.5. The first kappa shape index (κ1) is 11.6. The van der Waals surface area contributed by atoms with Crippen molar-refractivity contribution in [1.82, 2.24) is 15.0 Å². The third-order valence-electron chi connectivity index (χ3n) is 3.77.